The zero-order valence-corrected chi connectivity index (χ0v) is 17.5. The van der Waals surface area contributed by atoms with Crippen LogP contribution in [0, 0.1) is 0 Å². The van der Waals surface area contributed by atoms with E-state index in [4.69, 9.17) is 4.74 Å². The number of quaternary nitrogens is 1. The molecular formula is C21H28N3O4S+. The highest BCUT2D eigenvalue weighted by molar-refractivity contribution is 7.89. The molecule has 3 rings (SSSR count). The molecular weight excluding hydrogens is 390 g/mol. The number of methoxy groups -OCH3 is 1. The van der Waals surface area contributed by atoms with Gasteiger partial charge in [-0.3, -0.25) is 4.79 Å². The lowest BCUT2D eigenvalue weighted by Gasteiger charge is -2.31. The number of nitrogens with one attached hydrogen (secondary N) is 2. The number of carbonyl (C=O) groups is 1. The quantitative estimate of drug-likeness (QED) is 0.640. The summed E-state index contributed by atoms with van der Waals surface area (Å²) < 4.78 is 31.8. The summed E-state index contributed by atoms with van der Waals surface area (Å²) in [6.45, 7) is 3.59. The summed E-state index contributed by atoms with van der Waals surface area (Å²) >= 11 is 0. The normalized spacial score (nSPS) is 15.8. The fourth-order valence-electron chi connectivity index (χ4n) is 3.41. The number of ether oxygens (including phenoxy) is 1. The average molecular weight is 419 g/mol. The maximum absolute atomic E-state index is 12.6. The van der Waals surface area contributed by atoms with E-state index < -0.39 is 10.0 Å². The average Bonchev–Trinajstić information content (AvgIpc) is 2.75. The molecule has 0 spiro atoms. The van der Waals surface area contributed by atoms with Crippen molar-refractivity contribution < 1.29 is 22.8 Å². The predicted octanol–water partition coefficient (Wildman–Crippen LogP) is 0.156. The van der Waals surface area contributed by atoms with Crippen molar-refractivity contribution in [2.75, 3.05) is 45.6 Å². The predicted molar refractivity (Wildman–Crippen MR) is 112 cm³/mol. The lowest BCUT2D eigenvalue weighted by molar-refractivity contribution is -0.917. The highest BCUT2D eigenvalue weighted by atomic mass is 32.2. The van der Waals surface area contributed by atoms with Crippen LogP contribution in [0.25, 0.3) is 0 Å². The summed E-state index contributed by atoms with van der Waals surface area (Å²) in [7, 11) is -1.82. The Morgan fingerprint density at radius 2 is 1.72 bits per heavy atom. The van der Waals surface area contributed by atoms with Crippen LogP contribution in [0.15, 0.2) is 54.6 Å². The second kappa shape index (κ2) is 9.87. The molecule has 0 atom stereocenters. The van der Waals surface area contributed by atoms with E-state index in [0.717, 1.165) is 19.6 Å². The van der Waals surface area contributed by atoms with Crippen LogP contribution >= 0.6 is 0 Å². The number of hydrogen-bond donors (Lipinski definition) is 2. The van der Waals surface area contributed by atoms with Crippen molar-refractivity contribution in [3.8, 4) is 5.75 Å². The van der Waals surface area contributed by atoms with Gasteiger partial charge in [-0.05, 0) is 24.3 Å². The Morgan fingerprint density at radius 1 is 1.07 bits per heavy atom. The smallest absolute Gasteiger partial charge is 0.251 e. The maximum Gasteiger partial charge on any atom is 0.251 e. The monoisotopic (exact) mass is 418 g/mol. The van der Waals surface area contributed by atoms with Crippen LogP contribution in [-0.4, -0.2) is 64.2 Å². The molecule has 7 nitrogen and oxygen atoms in total. The van der Waals surface area contributed by atoms with Crippen molar-refractivity contribution in [1.29, 1.82) is 0 Å². The van der Waals surface area contributed by atoms with Crippen molar-refractivity contribution in [1.82, 2.24) is 9.62 Å². The van der Waals surface area contributed by atoms with Crippen LogP contribution in [0.5, 0.6) is 5.75 Å². The maximum atomic E-state index is 12.6. The molecule has 1 aliphatic heterocycles. The second-order valence-electron chi connectivity index (χ2n) is 7.11. The van der Waals surface area contributed by atoms with Crippen molar-refractivity contribution in [3.63, 3.8) is 0 Å². The topological polar surface area (TPSA) is 80.1 Å². The summed E-state index contributed by atoms with van der Waals surface area (Å²) in [6.07, 6.45) is 0. The number of hydrogen-bond acceptors (Lipinski definition) is 4. The lowest BCUT2D eigenvalue weighted by atomic mass is 10.2. The van der Waals surface area contributed by atoms with Crippen LogP contribution in [0.1, 0.15) is 15.9 Å². The van der Waals surface area contributed by atoms with Gasteiger partial charge in [-0.25, -0.2) is 8.42 Å². The van der Waals surface area contributed by atoms with Gasteiger partial charge in [0, 0.05) is 17.7 Å². The number of amides is 1. The Bertz CT molecular complexity index is 893. The summed E-state index contributed by atoms with van der Waals surface area (Å²) in [5.74, 6) is 0.278. The van der Waals surface area contributed by atoms with Gasteiger partial charge in [-0.1, -0.05) is 30.3 Å². The first-order valence-corrected chi connectivity index (χ1v) is 11.4. The first kappa shape index (κ1) is 21.3. The van der Waals surface area contributed by atoms with Gasteiger partial charge in [0.25, 0.3) is 5.91 Å². The van der Waals surface area contributed by atoms with Crippen LogP contribution in [-0.2, 0) is 16.6 Å². The summed E-state index contributed by atoms with van der Waals surface area (Å²) in [5.41, 5.74) is 1.74. The van der Waals surface area contributed by atoms with E-state index in [1.807, 2.05) is 18.2 Å². The zero-order valence-electron chi connectivity index (χ0n) is 16.6. The van der Waals surface area contributed by atoms with E-state index in [-0.39, 0.29) is 18.2 Å². The third-order valence-electron chi connectivity index (χ3n) is 5.12. The molecule has 0 aliphatic carbocycles. The fourth-order valence-corrected chi connectivity index (χ4v) is 4.77. The molecule has 29 heavy (non-hydrogen) atoms. The molecule has 2 N–H and O–H groups in total. The van der Waals surface area contributed by atoms with Gasteiger partial charge in [-0.2, -0.15) is 4.31 Å². The van der Waals surface area contributed by atoms with Crippen molar-refractivity contribution in [2.45, 2.75) is 6.54 Å². The van der Waals surface area contributed by atoms with Crippen molar-refractivity contribution in [3.05, 3.63) is 65.7 Å². The van der Waals surface area contributed by atoms with E-state index >= 15 is 0 Å². The van der Waals surface area contributed by atoms with Gasteiger partial charge in [0.1, 0.15) is 12.3 Å². The molecule has 0 saturated carbocycles. The Morgan fingerprint density at radius 3 is 2.34 bits per heavy atom. The molecule has 156 valence electrons. The van der Waals surface area contributed by atoms with E-state index in [9.17, 15) is 13.2 Å². The molecule has 1 aliphatic rings. The highest BCUT2D eigenvalue weighted by Crippen LogP contribution is 2.11. The van der Waals surface area contributed by atoms with Crippen LogP contribution in [0.4, 0.5) is 0 Å². The molecule has 1 saturated heterocycles. The molecule has 2 aromatic carbocycles. The molecule has 0 bridgehead atoms. The molecule has 0 aromatic heterocycles. The van der Waals surface area contributed by atoms with Gasteiger partial charge in [0.2, 0.25) is 10.0 Å². The van der Waals surface area contributed by atoms with Crippen LogP contribution in [0.2, 0.25) is 0 Å². The number of nitrogens with zero attached hydrogens (tertiary/aromatic N) is 1. The minimum Gasteiger partial charge on any atom is -0.497 e. The van der Waals surface area contributed by atoms with E-state index in [0.29, 0.717) is 24.4 Å². The Labute approximate surface area is 172 Å². The first-order chi connectivity index (χ1) is 14.0. The molecule has 1 heterocycles. The number of benzene rings is 2. The lowest BCUT2D eigenvalue weighted by Crippen LogP contribution is -3.13. The minimum atomic E-state index is -3.38. The van der Waals surface area contributed by atoms with E-state index in [1.165, 1.54) is 10.5 Å². The minimum absolute atomic E-state index is 0.0876. The molecule has 0 unspecified atom stereocenters. The molecule has 8 heteroatoms. The Kier molecular flexibility index (Phi) is 7.24. The number of rotatable bonds is 8. The molecule has 2 aromatic rings. The van der Waals surface area contributed by atoms with Gasteiger partial charge in [0.05, 0.1) is 39.0 Å². The summed E-state index contributed by atoms with van der Waals surface area (Å²) in [5, 5.41) is 2.68. The zero-order chi connectivity index (χ0) is 20.7. The summed E-state index contributed by atoms with van der Waals surface area (Å²) in [4.78, 5) is 13.5. The molecule has 0 radical (unpaired) electrons. The third kappa shape index (κ3) is 6.03. The van der Waals surface area contributed by atoms with Gasteiger partial charge in [-0.15, -0.1) is 0 Å². The van der Waals surface area contributed by atoms with E-state index in [2.05, 4.69) is 17.4 Å². The van der Waals surface area contributed by atoms with Gasteiger partial charge in [0.15, 0.2) is 0 Å². The van der Waals surface area contributed by atoms with E-state index in [1.54, 1.807) is 35.7 Å². The second-order valence-corrected chi connectivity index (χ2v) is 9.20. The highest BCUT2D eigenvalue weighted by Gasteiger charge is 2.28. The Balaban J connectivity index is 1.43. The van der Waals surface area contributed by atoms with Gasteiger partial charge >= 0.3 is 0 Å². The summed E-state index contributed by atoms with van der Waals surface area (Å²) in [6, 6.07) is 16.9. The number of carbonyl (C=O) groups excluding carboxylic acids is 1. The standard InChI is InChI=1S/C21H27N3O4S/c1-28-20-9-7-19(8-10-20)21(25)22-11-16-29(26,27)24-14-12-23(13-15-24)17-18-5-3-2-4-6-18/h2-10H,11-17H2,1H3,(H,22,25)/p+1. The third-order valence-corrected chi connectivity index (χ3v) is 6.99. The number of sulfonamides is 1. The first-order valence-electron chi connectivity index (χ1n) is 9.75. The molecule has 1 amide bonds. The Hall–Kier alpha value is -2.42. The van der Waals surface area contributed by atoms with Crippen LogP contribution < -0.4 is 15.0 Å². The van der Waals surface area contributed by atoms with Crippen LogP contribution in [0.3, 0.4) is 0 Å². The van der Waals surface area contributed by atoms with Crippen molar-refractivity contribution in [2.24, 2.45) is 0 Å². The molecule has 1 fully saturated rings. The van der Waals surface area contributed by atoms with Crippen molar-refractivity contribution >= 4 is 15.9 Å². The largest absolute Gasteiger partial charge is 0.497 e. The fraction of sp³-hybridized carbons (Fsp3) is 0.381. The van der Waals surface area contributed by atoms with Gasteiger partial charge < -0.3 is 15.0 Å². The number of piperazine rings is 1. The SMILES string of the molecule is COc1ccc(C(=O)NCCS(=O)(=O)N2CC[NH+](Cc3ccccc3)CC2)cc1.